The second-order valence-electron chi connectivity index (χ2n) is 4.43. The Balaban J connectivity index is 2.10. The zero-order valence-corrected chi connectivity index (χ0v) is 10.4. The van der Waals surface area contributed by atoms with E-state index in [1.54, 1.807) is 6.07 Å². The van der Waals surface area contributed by atoms with Crippen LogP contribution in [0.15, 0.2) is 16.8 Å². The minimum absolute atomic E-state index is 0.0796. The number of anilines is 1. The van der Waals surface area contributed by atoms with Crippen molar-refractivity contribution in [3.63, 3.8) is 0 Å². The SMILES string of the molecule is O=[N+]([O-])c1ccc(N2CCOCC2CO)c2nonc12. The van der Waals surface area contributed by atoms with E-state index >= 15 is 0 Å². The van der Waals surface area contributed by atoms with Crippen molar-refractivity contribution < 1.29 is 19.4 Å². The maximum Gasteiger partial charge on any atom is 0.300 e. The first kappa shape index (κ1) is 12.8. The second kappa shape index (κ2) is 5.02. The molecule has 1 saturated heterocycles. The van der Waals surface area contributed by atoms with Crippen LogP contribution >= 0.6 is 0 Å². The number of ether oxygens (including phenoxy) is 1. The molecule has 1 fully saturated rings. The molecule has 1 aliphatic rings. The number of hydrogen-bond donors (Lipinski definition) is 1. The number of non-ortho nitro benzene ring substituents is 1. The molecular weight excluding hydrogens is 268 g/mol. The summed E-state index contributed by atoms with van der Waals surface area (Å²) in [7, 11) is 0. The van der Waals surface area contributed by atoms with Crippen molar-refractivity contribution in [1.29, 1.82) is 0 Å². The van der Waals surface area contributed by atoms with Crippen LogP contribution in [-0.2, 0) is 4.74 Å². The molecule has 0 radical (unpaired) electrons. The summed E-state index contributed by atoms with van der Waals surface area (Å²) in [5.74, 6) is 0. The van der Waals surface area contributed by atoms with Crippen molar-refractivity contribution in [2.24, 2.45) is 0 Å². The molecule has 106 valence electrons. The van der Waals surface area contributed by atoms with Crippen molar-refractivity contribution >= 4 is 22.4 Å². The Hall–Kier alpha value is -2.26. The minimum atomic E-state index is -0.529. The largest absolute Gasteiger partial charge is 0.394 e. The van der Waals surface area contributed by atoms with Gasteiger partial charge in [-0.05, 0) is 16.4 Å². The molecule has 0 saturated carbocycles. The summed E-state index contributed by atoms with van der Waals surface area (Å²) in [6.45, 7) is 1.38. The van der Waals surface area contributed by atoms with Crippen LogP contribution in [0.4, 0.5) is 11.4 Å². The minimum Gasteiger partial charge on any atom is -0.394 e. The van der Waals surface area contributed by atoms with E-state index in [1.807, 2.05) is 4.90 Å². The van der Waals surface area contributed by atoms with E-state index in [4.69, 9.17) is 4.74 Å². The first-order valence-corrected chi connectivity index (χ1v) is 6.07. The highest BCUT2D eigenvalue weighted by atomic mass is 16.6. The van der Waals surface area contributed by atoms with Crippen LogP contribution in [0.3, 0.4) is 0 Å². The van der Waals surface area contributed by atoms with Gasteiger partial charge in [-0.2, -0.15) is 0 Å². The number of hydrogen-bond acceptors (Lipinski definition) is 8. The number of aromatic nitrogens is 2. The van der Waals surface area contributed by atoms with Gasteiger partial charge in [0.15, 0.2) is 5.52 Å². The molecule has 0 aliphatic carbocycles. The predicted octanol–water partition coefficient (Wildman–Crippen LogP) is 0.328. The number of rotatable bonds is 3. The summed E-state index contributed by atoms with van der Waals surface area (Å²) in [6, 6.07) is 2.75. The van der Waals surface area contributed by atoms with Crippen LogP contribution in [-0.4, -0.2) is 52.8 Å². The van der Waals surface area contributed by atoms with Gasteiger partial charge in [0.25, 0.3) is 0 Å². The molecule has 0 spiro atoms. The normalized spacial score (nSPS) is 19.4. The molecule has 3 rings (SSSR count). The fourth-order valence-corrected chi connectivity index (χ4v) is 2.34. The third-order valence-corrected chi connectivity index (χ3v) is 3.32. The van der Waals surface area contributed by atoms with E-state index in [2.05, 4.69) is 14.9 Å². The highest BCUT2D eigenvalue weighted by Crippen LogP contribution is 2.32. The topological polar surface area (TPSA) is 115 Å². The third-order valence-electron chi connectivity index (χ3n) is 3.32. The van der Waals surface area contributed by atoms with Crippen molar-refractivity contribution in [3.8, 4) is 0 Å². The van der Waals surface area contributed by atoms with E-state index < -0.39 is 4.92 Å². The maximum atomic E-state index is 10.9. The molecule has 1 N–H and O–H groups in total. The molecule has 2 heterocycles. The van der Waals surface area contributed by atoms with Crippen LogP contribution in [0.5, 0.6) is 0 Å². The lowest BCUT2D eigenvalue weighted by atomic mass is 10.1. The number of aliphatic hydroxyl groups is 1. The van der Waals surface area contributed by atoms with Crippen LogP contribution in [0.1, 0.15) is 0 Å². The highest BCUT2D eigenvalue weighted by Gasteiger charge is 2.28. The Morgan fingerprint density at radius 1 is 1.45 bits per heavy atom. The molecule has 2 aromatic rings. The average Bonchev–Trinajstić information content (AvgIpc) is 2.95. The Kier molecular flexibility index (Phi) is 3.20. The van der Waals surface area contributed by atoms with E-state index in [1.165, 1.54) is 6.07 Å². The predicted molar refractivity (Wildman–Crippen MR) is 67.5 cm³/mol. The number of nitro groups is 1. The van der Waals surface area contributed by atoms with Crippen molar-refractivity contribution in [3.05, 3.63) is 22.2 Å². The van der Waals surface area contributed by atoms with Crippen molar-refractivity contribution in [2.75, 3.05) is 31.3 Å². The van der Waals surface area contributed by atoms with Gasteiger partial charge in [-0.15, -0.1) is 0 Å². The second-order valence-corrected chi connectivity index (χ2v) is 4.43. The zero-order valence-electron chi connectivity index (χ0n) is 10.4. The monoisotopic (exact) mass is 280 g/mol. The summed E-state index contributed by atoms with van der Waals surface area (Å²) >= 11 is 0. The average molecular weight is 280 g/mol. The maximum absolute atomic E-state index is 10.9. The molecule has 1 aromatic heterocycles. The number of fused-ring (bicyclic) bond motifs is 1. The van der Waals surface area contributed by atoms with E-state index in [9.17, 15) is 15.2 Å². The van der Waals surface area contributed by atoms with Gasteiger partial charge in [-0.25, -0.2) is 4.63 Å². The molecule has 20 heavy (non-hydrogen) atoms. The molecule has 1 aliphatic heterocycles. The smallest absolute Gasteiger partial charge is 0.300 e. The fraction of sp³-hybridized carbons (Fsp3) is 0.455. The quantitative estimate of drug-likeness (QED) is 0.631. The molecule has 9 nitrogen and oxygen atoms in total. The molecule has 1 unspecified atom stereocenters. The van der Waals surface area contributed by atoms with Crippen LogP contribution < -0.4 is 4.90 Å². The Morgan fingerprint density at radius 3 is 3.00 bits per heavy atom. The van der Waals surface area contributed by atoms with E-state index in [0.29, 0.717) is 31.0 Å². The third kappa shape index (κ3) is 1.96. The van der Waals surface area contributed by atoms with E-state index in [-0.39, 0.29) is 23.9 Å². The highest BCUT2D eigenvalue weighted by molar-refractivity contribution is 5.94. The van der Waals surface area contributed by atoms with Gasteiger partial charge >= 0.3 is 5.69 Å². The van der Waals surface area contributed by atoms with Crippen LogP contribution in [0.2, 0.25) is 0 Å². The number of morpholine rings is 1. The molecule has 0 amide bonds. The number of aliphatic hydroxyl groups excluding tert-OH is 1. The summed E-state index contributed by atoms with van der Waals surface area (Å²) < 4.78 is 9.94. The van der Waals surface area contributed by atoms with Gasteiger partial charge in [0, 0.05) is 12.6 Å². The number of benzene rings is 1. The Bertz CT molecular complexity index is 643. The Labute approximate surface area is 112 Å². The van der Waals surface area contributed by atoms with Crippen molar-refractivity contribution in [2.45, 2.75) is 6.04 Å². The zero-order chi connectivity index (χ0) is 14.1. The lowest BCUT2D eigenvalue weighted by Crippen LogP contribution is -2.47. The van der Waals surface area contributed by atoms with Crippen LogP contribution in [0.25, 0.3) is 11.0 Å². The fourth-order valence-electron chi connectivity index (χ4n) is 2.34. The molecular formula is C11H12N4O5. The standard InChI is InChI=1S/C11H12N4O5/c16-5-7-6-19-4-3-14(7)8-1-2-9(15(17)18)11-10(8)12-20-13-11/h1-2,7,16H,3-6H2. The summed E-state index contributed by atoms with van der Waals surface area (Å²) in [4.78, 5) is 12.3. The molecule has 1 atom stereocenters. The lowest BCUT2D eigenvalue weighted by Gasteiger charge is -2.36. The van der Waals surface area contributed by atoms with Gasteiger partial charge in [0.1, 0.15) is 0 Å². The molecule has 1 aromatic carbocycles. The summed E-state index contributed by atoms with van der Waals surface area (Å²) in [5.41, 5.74) is 0.920. The Morgan fingerprint density at radius 2 is 2.25 bits per heavy atom. The van der Waals surface area contributed by atoms with E-state index in [0.717, 1.165) is 0 Å². The lowest BCUT2D eigenvalue weighted by molar-refractivity contribution is -0.383. The van der Waals surface area contributed by atoms with Gasteiger partial charge in [-0.1, -0.05) is 0 Å². The number of nitro benzene ring substituents is 1. The first-order valence-electron chi connectivity index (χ1n) is 6.07. The molecule has 9 heteroatoms. The van der Waals surface area contributed by atoms with Gasteiger partial charge in [0.05, 0.1) is 36.5 Å². The summed E-state index contributed by atoms with van der Waals surface area (Å²) in [6.07, 6.45) is 0. The van der Waals surface area contributed by atoms with Crippen molar-refractivity contribution in [1.82, 2.24) is 10.3 Å². The summed E-state index contributed by atoms with van der Waals surface area (Å²) in [5, 5.41) is 27.7. The number of nitrogens with zero attached hydrogens (tertiary/aromatic N) is 4. The first-order chi connectivity index (χ1) is 9.72. The van der Waals surface area contributed by atoms with Gasteiger partial charge < -0.3 is 14.7 Å². The molecule has 0 bridgehead atoms. The van der Waals surface area contributed by atoms with Gasteiger partial charge in [0.2, 0.25) is 5.52 Å². The van der Waals surface area contributed by atoms with Crippen LogP contribution in [0, 0.1) is 10.1 Å². The van der Waals surface area contributed by atoms with Gasteiger partial charge in [-0.3, -0.25) is 10.1 Å².